The molecule has 0 aliphatic heterocycles. The zero-order valence-corrected chi connectivity index (χ0v) is 6.92. The molecule has 0 nitrogen and oxygen atoms in total. The molecule has 0 fully saturated rings. The topological polar surface area (TPSA) is 0 Å². The van der Waals surface area contributed by atoms with E-state index in [1.807, 2.05) is 0 Å². The van der Waals surface area contributed by atoms with Crippen molar-refractivity contribution < 1.29 is 26.3 Å². The highest BCUT2D eigenvalue weighted by Gasteiger charge is 2.39. The van der Waals surface area contributed by atoms with Gasteiger partial charge in [-0.3, -0.25) is 0 Å². The molecule has 0 bridgehead atoms. The van der Waals surface area contributed by atoms with Crippen molar-refractivity contribution in [2.24, 2.45) is 5.92 Å². The standard InChI is InChI=1S/C7H8F6/c1-4(2)5(7(11,12)13)3-6(8,9)10/h3-4H,1-2H3/b5-3+. The lowest BCUT2D eigenvalue weighted by molar-refractivity contribution is -0.112. The Hall–Kier alpha value is -0.680. The van der Waals surface area contributed by atoms with Crippen LogP contribution in [0.15, 0.2) is 11.6 Å². The number of allylic oxidation sites excluding steroid dienone is 2. The predicted molar refractivity (Wildman–Crippen MR) is 35.0 cm³/mol. The minimum Gasteiger partial charge on any atom is -0.167 e. The zero-order valence-electron chi connectivity index (χ0n) is 6.92. The zero-order chi connectivity index (χ0) is 10.9. The molecule has 0 aromatic heterocycles. The molecular formula is C7H8F6. The maximum atomic E-state index is 11.9. The van der Waals surface area contributed by atoms with E-state index >= 15 is 0 Å². The van der Waals surface area contributed by atoms with Gasteiger partial charge >= 0.3 is 12.4 Å². The number of alkyl halides is 6. The van der Waals surface area contributed by atoms with Gasteiger partial charge in [0.15, 0.2) is 0 Å². The van der Waals surface area contributed by atoms with Gasteiger partial charge in [-0.1, -0.05) is 13.8 Å². The van der Waals surface area contributed by atoms with E-state index in [-0.39, 0.29) is 0 Å². The highest BCUT2D eigenvalue weighted by atomic mass is 19.4. The molecule has 6 heteroatoms. The molecule has 0 N–H and O–H groups in total. The fourth-order valence-electron chi connectivity index (χ4n) is 0.752. The average Bonchev–Trinajstić information content (AvgIpc) is 1.77. The van der Waals surface area contributed by atoms with E-state index in [4.69, 9.17) is 0 Å². The maximum Gasteiger partial charge on any atom is 0.412 e. The summed E-state index contributed by atoms with van der Waals surface area (Å²) in [4.78, 5) is 0. The van der Waals surface area contributed by atoms with Crippen LogP contribution in [0.2, 0.25) is 0 Å². The molecule has 0 aromatic rings. The fourth-order valence-corrected chi connectivity index (χ4v) is 0.752. The van der Waals surface area contributed by atoms with E-state index < -0.39 is 29.9 Å². The lowest BCUT2D eigenvalue weighted by Crippen LogP contribution is -2.20. The van der Waals surface area contributed by atoms with Crippen molar-refractivity contribution in [1.82, 2.24) is 0 Å². The van der Waals surface area contributed by atoms with Gasteiger partial charge in [0, 0.05) is 11.6 Å². The molecule has 0 aromatic carbocycles. The Balaban J connectivity index is 4.95. The van der Waals surface area contributed by atoms with Crippen LogP contribution in [0.3, 0.4) is 0 Å². The summed E-state index contributed by atoms with van der Waals surface area (Å²) in [7, 11) is 0. The normalized spacial score (nSPS) is 15.3. The third-order valence-electron chi connectivity index (χ3n) is 1.27. The quantitative estimate of drug-likeness (QED) is 0.453. The smallest absolute Gasteiger partial charge is 0.167 e. The van der Waals surface area contributed by atoms with Crippen LogP contribution in [-0.4, -0.2) is 12.4 Å². The lowest BCUT2D eigenvalue weighted by atomic mass is 10.0. The minimum absolute atomic E-state index is 0.697. The second-order valence-corrected chi connectivity index (χ2v) is 2.79. The monoisotopic (exact) mass is 206 g/mol. The van der Waals surface area contributed by atoms with Gasteiger partial charge in [-0.25, -0.2) is 0 Å². The maximum absolute atomic E-state index is 11.9. The molecule has 78 valence electrons. The summed E-state index contributed by atoms with van der Waals surface area (Å²) >= 11 is 0. The van der Waals surface area contributed by atoms with Gasteiger partial charge in [0.05, 0.1) is 0 Å². The van der Waals surface area contributed by atoms with Crippen LogP contribution in [0.5, 0.6) is 0 Å². The van der Waals surface area contributed by atoms with Crippen LogP contribution in [0.1, 0.15) is 13.8 Å². The molecule has 0 rings (SSSR count). The van der Waals surface area contributed by atoms with E-state index in [1.165, 1.54) is 0 Å². The molecule has 0 atom stereocenters. The highest BCUT2D eigenvalue weighted by molar-refractivity contribution is 5.13. The van der Waals surface area contributed by atoms with E-state index in [0.29, 0.717) is 0 Å². The Bertz CT molecular complexity index is 194. The summed E-state index contributed by atoms with van der Waals surface area (Å²) in [6.07, 6.45) is -10.5. The molecule has 0 saturated carbocycles. The second kappa shape index (κ2) is 3.59. The van der Waals surface area contributed by atoms with Crippen LogP contribution < -0.4 is 0 Å². The van der Waals surface area contributed by atoms with Gasteiger partial charge in [0.25, 0.3) is 0 Å². The minimum atomic E-state index is -4.92. The number of halogens is 6. The van der Waals surface area contributed by atoms with Gasteiger partial charge in [-0.05, 0) is 5.92 Å². The summed E-state index contributed by atoms with van der Waals surface area (Å²) in [5.41, 5.74) is -1.56. The van der Waals surface area contributed by atoms with Crippen LogP contribution in [0.4, 0.5) is 26.3 Å². The van der Waals surface area contributed by atoms with E-state index in [1.54, 1.807) is 0 Å². The highest BCUT2D eigenvalue weighted by Crippen LogP contribution is 2.34. The molecule has 0 spiro atoms. The van der Waals surface area contributed by atoms with Gasteiger partial charge < -0.3 is 0 Å². The van der Waals surface area contributed by atoms with Crippen molar-refractivity contribution in [1.29, 1.82) is 0 Å². The first kappa shape index (κ1) is 12.3. The molecule has 0 heterocycles. The number of hydrogen-bond donors (Lipinski definition) is 0. The molecule has 0 unspecified atom stereocenters. The molecule has 0 radical (unpaired) electrons. The van der Waals surface area contributed by atoms with Crippen LogP contribution in [0.25, 0.3) is 0 Å². The van der Waals surface area contributed by atoms with E-state index in [9.17, 15) is 26.3 Å². The van der Waals surface area contributed by atoms with Gasteiger partial charge in [-0.2, -0.15) is 26.3 Å². The lowest BCUT2D eigenvalue weighted by Gasteiger charge is -2.15. The molecule has 0 aliphatic rings. The third-order valence-corrected chi connectivity index (χ3v) is 1.27. The van der Waals surface area contributed by atoms with Crippen molar-refractivity contribution in [2.75, 3.05) is 0 Å². The van der Waals surface area contributed by atoms with E-state index in [2.05, 4.69) is 0 Å². The average molecular weight is 206 g/mol. The molecule has 0 amide bonds. The Labute approximate surface area is 71.2 Å². The Morgan fingerprint density at radius 3 is 1.46 bits per heavy atom. The first-order valence-electron chi connectivity index (χ1n) is 3.40. The summed E-state index contributed by atoms with van der Waals surface area (Å²) in [5.74, 6) is -1.19. The van der Waals surface area contributed by atoms with Gasteiger partial charge in [-0.15, -0.1) is 0 Å². The van der Waals surface area contributed by atoms with E-state index in [0.717, 1.165) is 13.8 Å². The first-order chi connectivity index (χ1) is 5.54. The van der Waals surface area contributed by atoms with Gasteiger partial charge in [0.1, 0.15) is 0 Å². The summed E-state index contributed by atoms with van der Waals surface area (Å²) in [6, 6.07) is 0. The molecular weight excluding hydrogens is 198 g/mol. The Kier molecular flexibility index (Phi) is 3.40. The van der Waals surface area contributed by atoms with Crippen LogP contribution in [-0.2, 0) is 0 Å². The summed E-state index contributed by atoms with van der Waals surface area (Å²) in [5, 5.41) is 0. The van der Waals surface area contributed by atoms with Gasteiger partial charge in [0.2, 0.25) is 0 Å². The van der Waals surface area contributed by atoms with Crippen molar-refractivity contribution in [3.63, 3.8) is 0 Å². The first-order valence-corrected chi connectivity index (χ1v) is 3.40. The molecule has 13 heavy (non-hydrogen) atoms. The van der Waals surface area contributed by atoms with Crippen molar-refractivity contribution in [2.45, 2.75) is 26.2 Å². The van der Waals surface area contributed by atoms with Crippen molar-refractivity contribution >= 4 is 0 Å². The Morgan fingerprint density at radius 1 is 1.00 bits per heavy atom. The summed E-state index contributed by atoms with van der Waals surface area (Å²) < 4.78 is 70.7. The van der Waals surface area contributed by atoms with Crippen LogP contribution in [0, 0.1) is 5.92 Å². The fraction of sp³-hybridized carbons (Fsp3) is 0.714. The van der Waals surface area contributed by atoms with Crippen molar-refractivity contribution in [3.05, 3.63) is 11.6 Å². The number of hydrogen-bond acceptors (Lipinski definition) is 0. The largest absolute Gasteiger partial charge is 0.412 e. The predicted octanol–water partition coefficient (Wildman–Crippen LogP) is 3.69. The second-order valence-electron chi connectivity index (χ2n) is 2.79. The Morgan fingerprint density at radius 2 is 1.38 bits per heavy atom. The van der Waals surface area contributed by atoms with Crippen molar-refractivity contribution in [3.8, 4) is 0 Å². The van der Waals surface area contributed by atoms with Crippen LogP contribution >= 0.6 is 0 Å². The summed E-state index contributed by atoms with van der Waals surface area (Å²) in [6.45, 7) is 2.12. The molecule has 0 aliphatic carbocycles. The SMILES string of the molecule is CC(C)/C(=C\C(F)(F)F)C(F)(F)F. The molecule has 0 saturated heterocycles. The third kappa shape index (κ3) is 4.80. The number of rotatable bonds is 1.